The molecule has 1 fully saturated rings. The minimum atomic E-state index is -0.924. The lowest BCUT2D eigenvalue weighted by atomic mass is 9.95. The van der Waals surface area contributed by atoms with Gasteiger partial charge in [0.05, 0.1) is 5.69 Å². The van der Waals surface area contributed by atoms with Crippen LogP contribution in [0.4, 0.5) is 5.69 Å². The molecule has 0 radical (unpaired) electrons. The number of carbonyl (C=O) groups is 2. The monoisotopic (exact) mass is 374 g/mol. The Kier molecular flexibility index (Phi) is 5.47. The molecule has 2 heterocycles. The molecule has 0 atom stereocenters. The van der Waals surface area contributed by atoms with Crippen molar-refractivity contribution in [2.45, 2.75) is 59.1 Å². The highest BCUT2D eigenvalue weighted by Gasteiger charge is 2.42. The second-order valence-electron chi connectivity index (χ2n) is 8.35. The van der Waals surface area contributed by atoms with Crippen LogP contribution in [0, 0.1) is 12.8 Å². The van der Waals surface area contributed by atoms with Gasteiger partial charge in [-0.05, 0) is 71.1 Å². The van der Waals surface area contributed by atoms with Crippen LogP contribution in [0.5, 0.6) is 5.75 Å². The summed E-state index contributed by atoms with van der Waals surface area (Å²) in [5.74, 6) is 0.845. The van der Waals surface area contributed by atoms with Crippen LogP contribution in [-0.4, -0.2) is 43.2 Å². The molecule has 3 rings (SSSR count). The van der Waals surface area contributed by atoms with Gasteiger partial charge in [-0.25, -0.2) is 0 Å². The molecule has 0 bridgehead atoms. The molecule has 1 saturated heterocycles. The predicted octanol–water partition coefficient (Wildman–Crippen LogP) is 3.06. The standard InChI is InChI=1S/C21H30N2O4/c1-13(2)22-19(24)16-11-17-18(10-14(16)3)27-21(4,5)20(25)23(17)12-15-6-8-26-9-7-15/h10-11,13,15H,6-9,12H2,1-5H3,(H,22,24). The van der Waals surface area contributed by atoms with Gasteiger partial charge in [0.1, 0.15) is 5.75 Å². The van der Waals surface area contributed by atoms with Crippen molar-refractivity contribution >= 4 is 17.5 Å². The molecule has 6 heteroatoms. The highest BCUT2D eigenvalue weighted by molar-refractivity contribution is 6.04. The molecule has 1 aromatic rings. The summed E-state index contributed by atoms with van der Waals surface area (Å²) in [6.07, 6.45) is 1.87. The first kappa shape index (κ1) is 19.7. The summed E-state index contributed by atoms with van der Waals surface area (Å²) in [7, 11) is 0. The van der Waals surface area contributed by atoms with Crippen LogP contribution in [0.3, 0.4) is 0 Å². The molecule has 6 nitrogen and oxygen atoms in total. The van der Waals surface area contributed by atoms with Crippen molar-refractivity contribution in [3.8, 4) is 5.75 Å². The van der Waals surface area contributed by atoms with E-state index in [1.165, 1.54) is 0 Å². The molecule has 2 aliphatic heterocycles. The topological polar surface area (TPSA) is 67.9 Å². The van der Waals surface area contributed by atoms with Crippen LogP contribution in [-0.2, 0) is 9.53 Å². The van der Waals surface area contributed by atoms with E-state index in [1.807, 2.05) is 26.8 Å². The second-order valence-corrected chi connectivity index (χ2v) is 8.35. The van der Waals surface area contributed by atoms with Crippen LogP contribution >= 0.6 is 0 Å². The Morgan fingerprint density at radius 3 is 2.59 bits per heavy atom. The number of ether oxygens (including phenoxy) is 2. The first-order valence-electron chi connectivity index (χ1n) is 9.73. The Morgan fingerprint density at radius 2 is 1.96 bits per heavy atom. The summed E-state index contributed by atoms with van der Waals surface area (Å²) in [5, 5.41) is 2.93. The fourth-order valence-corrected chi connectivity index (χ4v) is 3.67. The van der Waals surface area contributed by atoms with E-state index in [9.17, 15) is 9.59 Å². The van der Waals surface area contributed by atoms with Crippen molar-refractivity contribution in [2.24, 2.45) is 5.92 Å². The number of fused-ring (bicyclic) bond motifs is 1. The van der Waals surface area contributed by atoms with E-state index in [0.29, 0.717) is 29.5 Å². The molecule has 148 valence electrons. The van der Waals surface area contributed by atoms with E-state index in [0.717, 1.165) is 31.6 Å². The maximum Gasteiger partial charge on any atom is 0.270 e. The molecule has 0 spiro atoms. The van der Waals surface area contributed by atoms with Gasteiger partial charge >= 0.3 is 0 Å². The number of benzene rings is 1. The predicted molar refractivity (Wildman–Crippen MR) is 104 cm³/mol. The normalized spacial score (nSPS) is 19.6. The number of aryl methyl sites for hydroxylation is 1. The van der Waals surface area contributed by atoms with E-state index in [2.05, 4.69) is 5.32 Å². The Morgan fingerprint density at radius 1 is 1.30 bits per heavy atom. The number of anilines is 1. The van der Waals surface area contributed by atoms with Gasteiger partial charge < -0.3 is 19.7 Å². The lowest BCUT2D eigenvalue weighted by Crippen LogP contribution is -2.54. The SMILES string of the molecule is Cc1cc2c(cc1C(=O)NC(C)C)N(CC1CCOCC1)C(=O)C(C)(C)O2. The van der Waals surface area contributed by atoms with Gasteiger partial charge in [-0.15, -0.1) is 0 Å². The zero-order valence-electron chi connectivity index (χ0n) is 16.9. The van der Waals surface area contributed by atoms with E-state index < -0.39 is 5.60 Å². The smallest absolute Gasteiger partial charge is 0.270 e. The molecule has 0 aliphatic carbocycles. The lowest BCUT2D eigenvalue weighted by molar-refractivity contribution is -0.133. The number of nitrogens with one attached hydrogen (secondary N) is 1. The van der Waals surface area contributed by atoms with Crippen molar-refractivity contribution in [3.05, 3.63) is 23.3 Å². The van der Waals surface area contributed by atoms with Gasteiger partial charge in [0.2, 0.25) is 0 Å². The summed E-state index contributed by atoms with van der Waals surface area (Å²) in [5.41, 5.74) is 1.18. The first-order valence-corrected chi connectivity index (χ1v) is 9.73. The van der Waals surface area contributed by atoms with Gasteiger partial charge in [0.25, 0.3) is 11.8 Å². The summed E-state index contributed by atoms with van der Waals surface area (Å²) in [4.78, 5) is 27.5. The van der Waals surface area contributed by atoms with Crippen LogP contribution in [0.25, 0.3) is 0 Å². The van der Waals surface area contributed by atoms with Crippen molar-refractivity contribution in [2.75, 3.05) is 24.7 Å². The summed E-state index contributed by atoms with van der Waals surface area (Å²) in [6, 6.07) is 3.72. The van der Waals surface area contributed by atoms with Gasteiger partial charge in [0.15, 0.2) is 5.60 Å². The fraction of sp³-hybridized carbons (Fsp3) is 0.619. The van der Waals surface area contributed by atoms with Crippen molar-refractivity contribution in [3.63, 3.8) is 0 Å². The Bertz CT molecular complexity index is 736. The third-order valence-electron chi connectivity index (χ3n) is 5.17. The molecule has 1 aromatic carbocycles. The summed E-state index contributed by atoms with van der Waals surface area (Å²) >= 11 is 0. The van der Waals surface area contributed by atoms with E-state index in [4.69, 9.17) is 9.47 Å². The van der Waals surface area contributed by atoms with Crippen LogP contribution in [0.1, 0.15) is 56.5 Å². The summed E-state index contributed by atoms with van der Waals surface area (Å²) < 4.78 is 11.4. The lowest BCUT2D eigenvalue weighted by Gasteiger charge is -2.41. The number of hydrogen-bond donors (Lipinski definition) is 1. The fourth-order valence-electron chi connectivity index (χ4n) is 3.67. The number of hydrogen-bond acceptors (Lipinski definition) is 4. The minimum absolute atomic E-state index is 0.0445. The second kappa shape index (κ2) is 7.50. The Balaban J connectivity index is 1.98. The van der Waals surface area contributed by atoms with Gasteiger partial charge in [-0.3, -0.25) is 9.59 Å². The Hall–Kier alpha value is -2.08. The van der Waals surface area contributed by atoms with Crippen molar-refractivity contribution in [1.29, 1.82) is 0 Å². The Labute approximate surface area is 161 Å². The number of carbonyl (C=O) groups excluding carboxylic acids is 2. The van der Waals surface area contributed by atoms with Crippen LogP contribution < -0.4 is 15.0 Å². The van der Waals surface area contributed by atoms with Crippen LogP contribution in [0.15, 0.2) is 12.1 Å². The highest BCUT2D eigenvalue weighted by Crippen LogP contribution is 2.40. The van der Waals surface area contributed by atoms with E-state index >= 15 is 0 Å². The molecular weight excluding hydrogens is 344 g/mol. The number of rotatable bonds is 4. The van der Waals surface area contributed by atoms with E-state index in [1.54, 1.807) is 24.8 Å². The largest absolute Gasteiger partial charge is 0.476 e. The van der Waals surface area contributed by atoms with Crippen LogP contribution in [0.2, 0.25) is 0 Å². The molecular formula is C21H30N2O4. The van der Waals surface area contributed by atoms with Crippen molar-refractivity contribution in [1.82, 2.24) is 5.32 Å². The number of nitrogens with zero attached hydrogens (tertiary/aromatic N) is 1. The zero-order valence-corrected chi connectivity index (χ0v) is 16.9. The van der Waals surface area contributed by atoms with Gasteiger partial charge in [-0.2, -0.15) is 0 Å². The molecule has 27 heavy (non-hydrogen) atoms. The maximum atomic E-state index is 13.1. The zero-order chi connectivity index (χ0) is 19.8. The quantitative estimate of drug-likeness (QED) is 0.879. The molecule has 2 aliphatic rings. The van der Waals surface area contributed by atoms with Crippen molar-refractivity contribution < 1.29 is 19.1 Å². The first-order chi connectivity index (χ1) is 12.7. The average molecular weight is 374 g/mol. The third kappa shape index (κ3) is 4.10. The molecule has 0 saturated carbocycles. The molecule has 2 amide bonds. The molecule has 0 unspecified atom stereocenters. The maximum absolute atomic E-state index is 13.1. The van der Waals surface area contributed by atoms with Gasteiger partial charge in [-0.1, -0.05) is 0 Å². The summed E-state index contributed by atoms with van der Waals surface area (Å²) in [6.45, 7) is 11.4. The van der Waals surface area contributed by atoms with E-state index in [-0.39, 0.29) is 17.9 Å². The third-order valence-corrected chi connectivity index (χ3v) is 5.17. The van der Waals surface area contributed by atoms with Gasteiger partial charge in [0, 0.05) is 31.4 Å². The average Bonchev–Trinajstić information content (AvgIpc) is 2.58. The minimum Gasteiger partial charge on any atom is -0.476 e. The molecule has 1 N–H and O–H groups in total. The highest BCUT2D eigenvalue weighted by atomic mass is 16.5. The molecule has 0 aromatic heterocycles. The number of amides is 2.